The molecule has 0 heterocycles. The minimum atomic E-state index is -3.48. The highest BCUT2D eigenvalue weighted by Crippen LogP contribution is 2.22. The van der Waals surface area contributed by atoms with E-state index >= 15 is 0 Å². The lowest BCUT2D eigenvalue weighted by molar-refractivity contribution is 0.0998. The molecule has 0 aliphatic carbocycles. The molecule has 0 saturated heterocycles. The summed E-state index contributed by atoms with van der Waals surface area (Å²) in [4.78, 5) is 11.0. The lowest BCUT2D eigenvalue weighted by atomic mass is 10.2. The fourth-order valence-corrected chi connectivity index (χ4v) is 2.35. The van der Waals surface area contributed by atoms with Gasteiger partial charge < -0.3 is 11.5 Å². The van der Waals surface area contributed by atoms with Crippen molar-refractivity contribution in [1.29, 1.82) is 0 Å². The molecule has 0 fully saturated rings. The molecule has 1 aromatic carbocycles. The quantitative estimate of drug-likeness (QED) is 0.719. The average Bonchev–Trinajstić information content (AvgIpc) is 2.16. The monoisotopic (exact) mass is 228 g/mol. The molecular weight excluding hydrogens is 216 g/mol. The smallest absolute Gasteiger partial charge is 0.252 e. The first-order chi connectivity index (χ1) is 6.90. The van der Waals surface area contributed by atoms with E-state index in [9.17, 15) is 13.2 Å². The third-order valence-electron chi connectivity index (χ3n) is 2.02. The molecule has 0 spiro atoms. The number of amides is 1. The van der Waals surface area contributed by atoms with E-state index in [1.54, 1.807) is 0 Å². The molecular formula is C9H12N2O3S. The van der Waals surface area contributed by atoms with Crippen molar-refractivity contribution in [1.82, 2.24) is 0 Å². The van der Waals surface area contributed by atoms with Crippen molar-refractivity contribution in [3.05, 3.63) is 23.8 Å². The van der Waals surface area contributed by atoms with E-state index in [1.165, 1.54) is 25.1 Å². The van der Waals surface area contributed by atoms with E-state index in [0.29, 0.717) is 0 Å². The van der Waals surface area contributed by atoms with Gasteiger partial charge in [0.1, 0.15) is 0 Å². The summed E-state index contributed by atoms with van der Waals surface area (Å²) in [5.41, 5.74) is 10.5. The number of rotatable bonds is 3. The Morgan fingerprint density at radius 1 is 1.40 bits per heavy atom. The predicted octanol–water partition coefficient (Wildman–Crippen LogP) is 0.161. The first kappa shape index (κ1) is 11.5. The Balaban J connectivity index is 3.57. The van der Waals surface area contributed by atoms with Crippen LogP contribution in [0.15, 0.2) is 23.1 Å². The van der Waals surface area contributed by atoms with Gasteiger partial charge in [0.05, 0.1) is 16.2 Å². The molecule has 6 heteroatoms. The van der Waals surface area contributed by atoms with Crippen LogP contribution >= 0.6 is 0 Å². The van der Waals surface area contributed by atoms with Gasteiger partial charge in [0.15, 0.2) is 9.84 Å². The zero-order valence-corrected chi connectivity index (χ0v) is 9.04. The number of anilines is 1. The van der Waals surface area contributed by atoms with Crippen molar-refractivity contribution in [2.75, 3.05) is 11.5 Å². The molecule has 15 heavy (non-hydrogen) atoms. The minimum Gasteiger partial charge on any atom is -0.398 e. The summed E-state index contributed by atoms with van der Waals surface area (Å²) >= 11 is 0. The van der Waals surface area contributed by atoms with Gasteiger partial charge in [0.25, 0.3) is 5.91 Å². The van der Waals surface area contributed by atoms with Crippen LogP contribution in [0.25, 0.3) is 0 Å². The molecule has 0 atom stereocenters. The summed E-state index contributed by atoms with van der Waals surface area (Å²) < 4.78 is 23.2. The second-order valence-corrected chi connectivity index (χ2v) is 5.23. The highest BCUT2D eigenvalue weighted by Gasteiger charge is 2.21. The summed E-state index contributed by atoms with van der Waals surface area (Å²) in [5, 5.41) is 0. The van der Waals surface area contributed by atoms with E-state index in [2.05, 4.69) is 0 Å². The standard InChI is InChI=1S/C9H12N2O3S/c1-2-15(13,14)7-5-3-4-6(10)8(7)9(11)12/h3-5H,2,10H2,1H3,(H2,11,12). The van der Waals surface area contributed by atoms with Gasteiger partial charge in [0.2, 0.25) is 0 Å². The van der Waals surface area contributed by atoms with Gasteiger partial charge in [-0.1, -0.05) is 13.0 Å². The second kappa shape index (κ2) is 3.90. The Hall–Kier alpha value is -1.56. The van der Waals surface area contributed by atoms with Gasteiger partial charge in [0, 0.05) is 5.69 Å². The Bertz CT molecular complexity index is 494. The van der Waals surface area contributed by atoms with E-state index in [0.717, 1.165) is 0 Å². The van der Waals surface area contributed by atoms with Crippen LogP contribution in [0.1, 0.15) is 17.3 Å². The zero-order valence-electron chi connectivity index (χ0n) is 8.23. The van der Waals surface area contributed by atoms with Gasteiger partial charge in [-0.2, -0.15) is 0 Å². The van der Waals surface area contributed by atoms with Crippen LogP contribution in [0.3, 0.4) is 0 Å². The van der Waals surface area contributed by atoms with Gasteiger partial charge >= 0.3 is 0 Å². The number of primary amides is 1. The summed E-state index contributed by atoms with van der Waals surface area (Å²) in [6, 6.07) is 4.24. The Morgan fingerprint density at radius 2 is 2.00 bits per heavy atom. The summed E-state index contributed by atoms with van der Waals surface area (Å²) in [6.45, 7) is 1.49. The first-order valence-electron chi connectivity index (χ1n) is 4.31. The van der Waals surface area contributed by atoms with Crippen LogP contribution in [0, 0.1) is 0 Å². The maximum atomic E-state index is 11.6. The maximum absolute atomic E-state index is 11.6. The number of sulfone groups is 1. The number of nitrogen functional groups attached to an aromatic ring is 1. The van der Waals surface area contributed by atoms with Crippen molar-refractivity contribution in [2.24, 2.45) is 5.73 Å². The van der Waals surface area contributed by atoms with E-state index in [1.807, 2.05) is 0 Å². The first-order valence-corrected chi connectivity index (χ1v) is 5.96. The highest BCUT2D eigenvalue weighted by molar-refractivity contribution is 7.91. The van der Waals surface area contributed by atoms with E-state index in [4.69, 9.17) is 11.5 Å². The molecule has 1 amide bonds. The van der Waals surface area contributed by atoms with E-state index in [-0.39, 0.29) is 21.9 Å². The minimum absolute atomic E-state index is 0.0806. The number of hydrogen-bond acceptors (Lipinski definition) is 4. The van der Waals surface area contributed by atoms with Crippen LogP contribution in [0.4, 0.5) is 5.69 Å². The van der Waals surface area contributed by atoms with Crippen molar-refractivity contribution >= 4 is 21.4 Å². The van der Waals surface area contributed by atoms with Gasteiger partial charge in [-0.05, 0) is 12.1 Å². The van der Waals surface area contributed by atoms with Crippen LogP contribution in [0.2, 0.25) is 0 Å². The van der Waals surface area contributed by atoms with Crippen molar-refractivity contribution in [2.45, 2.75) is 11.8 Å². The Kier molecular flexibility index (Phi) is 2.99. The molecule has 0 unspecified atom stereocenters. The number of benzene rings is 1. The maximum Gasteiger partial charge on any atom is 0.252 e. The lowest BCUT2D eigenvalue weighted by Crippen LogP contribution is -2.19. The van der Waals surface area contributed by atoms with Crippen LogP contribution in [0.5, 0.6) is 0 Å². The molecule has 0 aliphatic heterocycles. The summed E-state index contributed by atoms with van der Waals surface area (Å²) in [7, 11) is -3.48. The molecule has 0 bridgehead atoms. The van der Waals surface area contributed by atoms with Crippen LogP contribution in [-0.4, -0.2) is 20.1 Å². The van der Waals surface area contributed by atoms with Crippen LogP contribution < -0.4 is 11.5 Å². The van der Waals surface area contributed by atoms with Crippen molar-refractivity contribution in [3.8, 4) is 0 Å². The fraction of sp³-hybridized carbons (Fsp3) is 0.222. The summed E-state index contributed by atoms with van der Waals surface area (Å²) in [5.74, 6) is -0.934. The largest absolute Gasteiger partial charge is 0.398 e. The topological polar surface area (TPSA) is 103 Å². The molecule has 0 aliphatic rings. The van der Waals surface area contributed by atoms with Crippen molar-refractivity contribution in [3.63, 3.8) is 0 Å². The predicted molar refractivity (Wildman–Crippen MR) is 57.1 cm³/mol. The molecule has 5 nitrogen and oxygen atoms in total. The fourth-order valence-electron chi connectivity index (χ4n) is 1.23. The molecule has 1 rings (SSSR count). The van der Waals surface area contributed by atoms with Gasteiger partial charge in [-0.25, -0.2) is 8.42 Å². The summed E-state index contributed by atoms with van der Waals surface area (Å²) in [6.07, 6.45) is 0. The Labute approximate surface area is 88.0 Å². The molecule has 0 saturated carbocycles. The molecule has 4 N–H and O–H groups in total. The molecule has 82 valence electrons. The van der Waals surface area contributed by atoms with Crippen LogP contribution in [-0.2, 0) is 9.84 Å². The van der Waals surface area contributed by atoms with Crippen molar-refractivity contribution < 1.29 is 13.2 Å². The highest BCUT2D eigenvalue weighted by atomic mass is 32.2. The van der Waals surface area contributed by atoms with E-state index < -0.39 is 15.7 Å². The third kappa shape index (κ3) is 2.10. The Morgan fingerprint density at radius 3 is 2.47 bits per heavy atom. The molecule has 0 aromatic heterocycles. The SMILES string of the molecule is CCS(=O)(=O)c1cccc(N)c1C(N)=O. The second-order valence-electron chi connectivity index (χ2n) is 2.99. The number of carbonyl (C=O) groups excluding carboxylic acids is 1. The number of nitrogens with two attached hydrogens (primary N) is 2. The van der Waals surface area contributed by atoms with Gasteiger partial charge in [-0.3, -0.25) is 4.79 Å². The zero-order chi connectivity index (χ0) is 11.6. The number of carbonyl (C=O) groups is 1. The van der Waals surface area contributed by atoms with Gasteiger partial charge in [-0.15, -0.1) is 0 Å². The third-order valence-corrected chi connectivity index (χ3v) is 3.79. The number of hydrogen-bond donors (Lipinski definition) is 2. The molecule has 0 radical (unpaired) electrons. The normalized spacial score (nSPS) is 11.3. The molecule has 1 aromatic rings. The average molecular weight is 228 g/mol. The lowest BCUT2D eigenvalue weighted by Gasteiger charge is -2.08.